The lowest BCUT2D eigenvalue weighted by molar-refractivity contribution is -0.141. The summed E-state index contributed by atoms with van der Waals surface area (Å²) in [4.78, 5) is 11.2. The van der Waals surface area contributed by atoms with Crippen LogP contribution in [0.1, 0.15) is 22.8 Å². The zero-order valence-electron chi connectivity index (χ0n) is 9.39. The van der Waals surface area contributed by atoms with Gasteiger partial charge >= 0.3 is 12.1 Å². The highest BCUT2D eigenvalue weighted by Gasteiger charge is 2.38. The number of carboxylic acid groups (broad SMARTS) is 1. The maximum atomic E-state index is 12.9. The largest absolute Gasteiger partial charge is 0.480 e. The summed E-state index contributed by atoms with van der Waals surface area (Å²) in [6.07, 6.45) is -3.45. The maximum absolute atomic E-state index is 12.9. The second-order valence-corrected chi connectivity index (χ2v) is 3.77. The van der Waals surface area contributed by atoms with Crippen LogP contribution in [0.25, 0.3) is 0 Å². The van der Waals surface area contributed by atoms with Gasteiger partial charge in [-0.05, 0) is 11.6 Å². The Morgan fingerprint density at radius 2 is 1.95 bits per heavy atom. The Kier molecular flexibility index (Phi) is 3.28. The third kappa shape index (κ3) is 2.59. The van der Waals surface area contributed by atoms with Crippen LogP contribution in [0.5, 0.6) is 0 Å². The Labute approximate surface area is 105 Å². The molecule has 1 unspecified atom stereocenters. The minimum atomic E-state index is -4.63. The zero-order chi connectivity index (χ0) is 14.0. The fraction of sp³-hybridized carbons (Fsp3) is 0.167. The first-order chi connectivity index (χ1) is 8.91. The Balaban J connectivity index is 2.59. The first-order valence-corrected chi connectivity index (χ1v) is 5.20. The third-order valence-corrected chi connectivity index (χ3v) is 2.57. The van der Waals surface area contributed by atoms with E-state index in [2.05, 4.69) is 9.68 Å². The number of carboxylic acids is 1. The fourth-order valence-corrected chi connectivity index (χ4v) is 1.79. The number of aromatic nitrogens is 1. The van der Waals surface area contributed by atoms with Crippen molar-refractivity contribution < 1.29 is 27.6 Å². The van der Waals surface area contributed by atoms with E-state index in [9.17, 15) is 18.0 Å². The molecule has 0 radical (unpaired) electrons. The van der Waals surface area contributed by atoms with Crippen LogP contribution in [0.2, 0.25) is 0 Å². The molecule has 0 spiro atoms. The van der Waals surface area contributed by atoms with Crippen LogP contribution in [-0.4, -0.2) is 16.2 Å². The highest BCUT2D eigenvalue weighted by molar-refractivity contribution is 5.80. The molecule has 2 rings (SSSR count). The predicted molar refractivity (Wildman–Crippen MR) is 57.4 cm³/mol. The Hall–Kier alpha value is -2.31. The van der Waals surface area contributed by atoms with E-state index >= 15 is 0 Å². The molecule has 0 aliphatic carbocycles. The number of nitrogens with zero attached hydrogens (tertiary/aromatic N) is 1. The second kappa shape index (κ2) is 4.75. The monoisotopic (exact) mass is 271 g/mol. The number of alkyl halides is 3. The lowest BCUT2D eigenvalue weighted by Crippen LogP contribution is -2.18. The van der Waals surface area contributed by atoms with Gasteiger partial charge in [-0.3, -0.25) is 4.79 Å². The van der Waals surface area contributed by atoms with Crippen LogP contribution in [0, 0.1) is 0 Å². The number of benzene rings is 1. The number of carbonyl (C=O) groups is 1. The average molecular weight is 271 g/mol. The van der Waals surface area contributed by atoms with E-state index in [1.54, 1.807) is 0 Å². The number of hydrogen-bond donors (Lipinski definition) is 1. The molecule has 1 atom stereocenters. The number of hydrogen-bond acceptors (Lipinski definition) is 3. The van der Waals surface area contributed by atoms with E-state index in [-0.39, 0.29) is 11.3 Å². The van der Waals surface area contributed by atoms with Gasteiger partial charge in [0.1, 0.15) is 5.92 Å². The van der Waals surface area contributed by atoms with Crippen molar-refractivity contribution in [3.8, 4) is 0 Å². The third-order valence-electron chi connectivity index (χ3n) is 2.57. The van der Waals surface area contributed by atoms with Gasteiger partial charge in [0.05, 0.1) is 11.8 Å². The SMILES string of the molecule is O=C(O)C(c1ccno1)c1ccccc1C(F)(F)F. The van der Waals surface area contributed by atoms with Gasteiger partial charge in [0.2, 0.25) is 0 Å². The molecule has 0 saturated heterocycles. The van der Waals surface area contributed by atoms with Gasteiger partial charge in [0.15, 0.2) is 5.76 Å². The summed E-state index contributed by atoms with van der Waals surface area (Å²) < 4.78 is 43.3. The Morgan fingerprint density at radius 1 is 1.26 bits per heavy atom. The molecule has 7 heteroatoms. The average Bonchev–Trinajstić information content (AvgIpc) is 2.81. The van der Waals surface area contributed by atoms with Gasteiger partial charge in [-0.2, -0.15) is 13.2 Å². The molecule has 1 aromatic carbocycles. The van der Waals surface area contributed by atoms with E-state index in [4.69, 9.17) is 5.11 Å². The van der Waals surface area contributed by atoms with Crippen molar-refractivity contribution in [3.63, 3.8) is 0 Å². The molecule has 0 fully saturated rings. The van der Waals surface area contributed by atoms with E-state index in [1.165, 1.54) is 24.4 Å². The molecule has 0 bridgehead atoms. The summed E-state index contributed by atoms with van der Waals surface area (Å²) in [5.41, 5.74) is -1.38. The molecule has 19 heavy (non-hydrogen) atoms. The molecule has 0 amide bonds. The van der Waals surface area contributed by atoms with E-state index in [0.29, 0.717) is 0 Å². The topological polar surface area (TPSA) is 63.3 Å². The molecule has 1 aromatic heterocycles. The van der Waals surface area contributed by atoms with Crippen LogP contribution < -0.4 is 0 Å². The molecule has 100 valence electrons. The normalized spacial score (nSPS) is 13.2. The first kappa shape index (κ1) is 13.1. The van der Waals surface area contributed by atoms with Gasteiger partial charge in [0.25, 0.3) is 0 Å². The van der Waals surface area contributed by atoms with Crippen LogP contribution in [-0.2, 0) is 11.0 Å². The number of halogens is 3. The van der Waals surface area contributed by atoms with E-state index < -0.39 is 23.6 Å². The Bertz CT molecular complexity index is 578. The molecule has 0 saturated carbocycles. The van der Waals surface area contributed by atoms with Crippen molar-refractivity contribution in [2.24, 2.45) is 0 Å². The minimum absolute atomic E-state index is 0.149. The van der Waals surface area contributed by atoms with Crippen molar-refractivity contribution in [1.82, 2.24) is 5.16 Å². The number of aliphatic carboxylic acids is 1. The molecular formula is C12H8F3NO3. The maximum Gasteiger partial charge on any atom is 0.416 e. The predicted octanol–water partition coefficient (Wildman–Crippen LogP) is 2.91. The van der Waals surface area contributed by atoms with Crippen molar-refractivity contribution in [2.45, 2.75) is 12.1 Å². The zero-order valence-corrected chi connectivity index (χ0v) is 9.39. The van der Waals surface area contributed by atoms with Gasteiger partial charge < -0.3 is 9.63 Å². The minimum Gasteiger partial charge on any atom is -0.480 e. The molecule has 1 heterocycles. The molecule has 2 aromatic rings. The summed E-state index contributed by atoms with van der Waals surface area (Å²) >= 11 is 0. The Morgan fingerprint density at radius 3 is 2.47 bits per heavy atom. The molecule has 1 N–H and O–H groups in total. The lowest BCUT2D eigenvalue weighted by Gasteiger charge is -2.16. The first-order valence-electron chi connectivity index (χ1n) is 5.20. The summed E-state index contributed by atoms with van der Waals surface area (Å²) in [5, 5.41) is 12.5. The van der Waals surface area contributed by atoms with Crippen molar-refractivity contribution in [3.05, 3.63) is 53.4 Å². The fourth-order valence-electron chi connectivity index (χ4n) is 1.79. The van der Waals surface area contributed by atoms with Gasteiger partial charge in [-0.25, -0.2) is 0 Å². The summed E-state index contributed by atoms with van der Waals surface area (Å²) in [5.74, 6) is -3.13. The van der Waals surface area contributed by atoms with Gasteiger partial charge in [-0.1, -0.05) is 23.4 Å². The molecule has 0 aliphatic rings. The molecular weight excluding hydrogens is 263 g/mol. The van der Waals surface area contributed by atoms with Crippen molar-refractivity contribution in [2.75, 3.05) is 0 Å². The summed E-state index contributed by atoms with van der Waals surface area (Å²) in [7, 11) is 0. The van der Waals surface area contributed by atoms with Crippen LogP contribution in [0.15, 0.2) is 41.1 Å². The van der Waals surface area contributed by atoms with Crippen LogP contribution >= 0.6 is 0 Å². The quantitative estimate of drug-likeness (QED) is 0.932. The van der Waals surface area contributed by atoms with Crippen LogP contribution in [0.4, 0.5) is 13.2 Å². The molecule has 0 aliphatic heterocycles. The van der Waals surface area contributed by atoms with Crippen molar-refractivity contribution in [1.29, 1.82) is 0 Å². The summed E-state index contributed by atoms with van der Waals surface area (Å²) in [6.45, 7) is 0. The number of rotatable bonds is 3. The van der Waals surface area contributed by atoms with Gasteiger partial charge in [-0.15, -0.1) is 0 Å². The van der Waals surface area contributed by atoms with Crippen molar-refractivity contribution >= 4 is 5.97 Å². The second-order valence-electron chi connectivity index (χ2n) is 3.77. The standard InChI is InChI=1S/C12H8F3NO3/c13-12(14,15)8-4-2-1-3-7(8)10(11(17)18)9-5-6-16-19-9/h1-6,10H,(H,17,18). The van der Waals surface area contributed by atoms with E-state index in [0.717, 1.165) is 12.1 Å². The van der Waals surface area contributed by atoms with E-state index in [1.807, 2.05) is 0 Å². The smallest absolute Gasteiger partial charge is 0.416 e. The highest BCUT2D eigenvalue weighted by Crippen LogP contribution is 2.37. The molecule has 4 nitrogen and oxygen atoms in total. The summed E-state index contributed by atoms with van der Waals surface area (Å²) in [6, 6.07) is 5.72. The van der Waals surface area contributed by atoms with Gasteiger partial charge in [0, 0.05) is 6.07 Å². The van der Waals surface area contributed by atoms with Crippen LogP contribution in [0.3, 0.4) is 0 Å². The highest BCUT2D eigenvalue weighted by atomic mass is 19.4. The lowest BCUT2D eigenvalue weighted by atomic mass is 9.92.